The summed E-state index contributed by atoms with van der Waals surface area (Å²) in [7, 11) is 0. The van der Waals surface area contributed by atoms with E-state index in [-0.39, 0.29) is 19.0 Å². The number of carbonyl (C=O) groups is 1. The molecule has 152 valence electrons. The second kappa shape index (κ2) is 7.19. The number of thiophene rings is 1. The van der Waals surface area contributed by atoms with Crippen molar-refractivity contribution in [2.75, 3.05) is 24.8 Å². The molecule has 1 unspecified atom stereocenters. The second-order valence-corrected chi connectivity index (χ2v) is 9.42. The third kappa shape index (κ3) is 3.24. The molecule has 3 heterocycles. The van der Waals surface area contributed by atoms with Crippen molar-refractivity contribution in [3.8, 4) is 0 Å². The van der Waals surface area contributed by atoms with E-state index in [0.29, 0.717) is 31.2 Å². The first-order valence-corrected chi connectivity index (χ1v) is 10.9. The lowest BCUT2D eigenvalue weighted by atomic mass is 9.88. The molecule has 3 aromatic rings. The Hall–Kier alpha value is -2.30. The van der Waals surface area contributed by atoms with Crippen LogP contribution in [0, 0.1) is 13.8 Å². The van der Waals surface area contributed by atoms with E-state index in [1.807, 2.05) is 13.8 Å². The molecule has 1 fully saturated rings. The van der Waals surface area contributed by atoms with Crippen LogP contribution >= 0.6 is 11.3 Å². The highest BCUT2D eigenvalue weighted by Crippen LogP contribution is 2.41. The molecular weight excluding hydrogens is 418 g/mol. The zero-order valence-electron chi connectivity index (χ0n) is 15.7. The van der Waals surface area contributed by atoms with Gasteiger partial charge in [-0.3, -0.25) is 4.79 Å². The Bertz CT molecular complexity index is 1100. The minimum absolute atomic E-state index is 0.116. The molecule has 0 saturated carbocycles. The maximum atomic E-state index is 15.2. The number of halogens is 2. The van der Waals surface area contributed by atoms with Crippen LogP contribution in [0.2, 0.25) is 0 Å². The number of aryl methyl sites for hydroxylation is 2. The predicted octanol–water partition coefficient (Wildman–Crippen LogP) is 3.25. The molecule has 29 heavy (non-hydrogen) atoms. The van der Waals surface area contributed by atoms with E-state index in [4.69, 9.17) is 5.73 Å². The highest BCUT2D eigenvalue weighted by Gasteiger charge is 2.48. The number of nitrogen functional groups attached to an aromatic ring is 1. The molecule has 10 heteroatoms. The summed E-state index contributed by atoms with van der Waals surface area (Å²) in [5, 5.41) is 8.89. The number of carbonyl (C=O) groups excluding carboxylic acids is 1. The summed E-state index contributed by atoms with van der Waals surface area (Å²) in [6, 6.07) is 4.89. The van der Waals surface area contributed by atoms with Crippen LogP contribution in [0.4, 0.5) is 14.5 Å². The smallest absolute Gasteiger partial charge is 0.266 e. The zero-order chi connectivity index (χ0) is 20.9. The number of aromatic nitrogens is 2. The number of nitrogens with zero attached hydrogens (tertiary/aromatic N) is 3. The summed E-state index contributed by atoms with van der Waals surface area (Å²) in [5.41, 5.74) is 6.82. The second-order valence-electron chi connectivity index (χ2n) is 7.04. The average Bonchev–Trinajstić information content (AvgIpc) is 3.04. The van der Waals surface area contributed by atoms with E-state index in [2.05, 4.69) is 10.2 Å². The standard InChI is InChI=1S/C19H18F2N4O2S2/c1-10-11(2)23-24-17-14(10)15(22)16(28-17)18(26)25-7-19(21,8-25)12-3-5-13(6-4-12)29(27)9-20/h3-6H,7-9,22H2,1-2H3. The minimum Gasteiger partial charge on any atom is -0.609 e. The van der Waals surface area contributed by atoms with Crippen molar-refractivity contribution in [1.82, 2.24) is 15.1 Å². The fourth-order valence-corrected chi connectivity index (χ4v) is 5.03. The van der Waals surface area contributed by atoms with Gasteiger partial charge in [0.1, 0.15) is 9.71 Å². The van der Waals surface area contributed by atoms with Gasteiger partial charge in [0, 0.05) is 16.6 Å². The minimum atomic E-state index is -1.74. The number of hydrogen-bond donors (Lipinski definition) is 1. The van der Waals surface area contributed by atoms with Gasteiger partial charge in [-0.1, -0.05) is 12.1 Å². The van der Waals surface area contributed by atoms with Crippen LogP contribution < -0.4 is 5.73 Å². The molecule has 0 radical (unpaired) electrons. The van der Waals surface area contributed by atoms with Gasteiger partial charge in [-0.15, -0.1) is 16.4 Å². The van der Waals surface area contributed by atoms with Crippen molar-refractivity contribution >= 4 is 44.3 Å². The molecule has 0 spiro atoms. The third-order valence-electron chi connectivity index (χ3n) is 5.23. The lowest BCUT2D eigenvalue weighted by Crippen LogP contribution is -2.58. The molecule has 2 aromatic heterocycles. The van der Waals surface area contributed by atoms with Gasteiger partial charge in [0.05, 0.1) is 24.5 Å². The van der Waals surface area contributed by atoms with Gasteiger partial charge in [0.25, 0.3) is 5.91 Å². The molecule has 0 bridgehead atoms. The number of amides is 1. The van der Waals surface area contributed by atoms with Gasteiger partial charge in [-0.05, 0) is 37.1 Å². The summed E-state index contributed by atoms with van der Waals surface area (Å²) < 4.78 is 39.2. The average molecular weight is 437 g/mol. The molecular formula is C19H18F2N4O2S2. The number of likely N-dealkylation sites (tertiary alicyclic amines) is 1. The van der Waals surface area contributed by atoms with Crippen molar-refractivity contribution in [3.05, 3.63) is 46.0 Å². The SMILES string of the molecule is Cc1nnc2sc(C(=O)N3CC(F)(c4ccc([S+]([O-])CF)cc4)C3)c(N)c2c1C. The van der Waals surface area contributed by atoms with Crippen LogP contribution in [0.5, 0.6) is 0 Å². The number of alkyl halides is 2. The zero-order valence-corrected chi connectivity index (χ0v) is 17.4. The Morgan fingerprint density at radius 2 is 1.97 bits per heavy atom. The van der Waals surface area contributed by atoms with Crippen LogP contribution in [0.25, 0.3) is 10.2 Å². The van der Waals surface area contributed by atoms with E-state index in [1.54, 1.807) is 0 Å². The summed E-state index contributed by atoms with van der Waals surface area (Å²) in [5.74, 6) is -0.342. The van der Waals surface area contributed by atoms with Crippen molar-refractivity contribution in [2.24, 2.45) is 0 Å². The normalized spacial score (nSPS) is 16.7. The van der Waals surface area contributed by atoms with Gasteiger partial charge >= 0.3 is 0 Å². The van der Waals surface area contributed by atoms with Crippen molar-refractivity contribution in [2.45, 2.75) is 24.4 Å². The molecule has 1 aromatic carbocycles. The van der Waals surface area contributed by atoms with E-state index in [1.165, 1.54) is 29.2 Å². The first-order valence-electron chi connectivity index (χ1n) is 8.80. The molecule has 1 amide bonds. The van der Waals surface area contributed by atoms with Crippen LogP contribution in [-0.4, -0.2) is 44.7 Å². The van der Waals surface area contributed by atoms with Crippen LogP contribution in [0.3, 0.4) is 0 Å². The molecule has 0 aliphatic carbocycles. The van der Waals surface area contributed by atoms with Gasteiger partial charge in [0.15, 0.2) is 10.6 Å². The molecule has 2 N–H and O–H groups in total. The lowest BCUT2D eigenvalue weighted by molar-refractivity contribution is -0.0228. The molecule has 6 nitrogen and oxygen atoms in total. The van der Waals surface area contributed by atoms with Gasteiger partial charge in [0.2, 0.25) is 6.01 Å². The Kier molecular flexibility index (Phi) is 4.96. The van der Waals surface area contributed by atoms with Crippen LogP contribution in [-0.2, 0) is 16.8 Å². The maximum Gasteiger partial charge on any atom is 0.266 e. The maximum absolute atomic E-state index is 15.2. The summed E-state index contributed by atoms with van der Waals surface area (Å²) in [4.78, 5) is 15.5. The first kappa shape index (κ1) is 20.0. The highest BCUT2D eigenvalue weighted by atomic mass is 32.2. The van der Waals surface area contributed by atoms with Crippen LogP contribution in [0.15, 0.2) is 29.2 Å². The Morgan fingerprint density at radius 3 is 2.59 bits per heavy atom. The van der Waals surface area contributed by atoms with Crippen LogP contribution in [0.1, 0.15) is 26.5 Å². The molecule has 1 aliphatic heterocycles. The highest BCUT2D eigenvalue weighted by molar-refractivity contribution is 7.91. The van der Waals surface area contributed by atoms with Gasteiger partial charge in [-0.25, -0.2) is 4.39 Å². The fourth-order valence-electron chi connectivity index (χ4n) is 3.40. The Morgan fingerprint density at radius 1 is 1.31 bits per heavy atom. The Balaban J connectivity index is 1.54. The lowest BCUT2D eigenvalue weighted by Gasteiger charge is -2.44. The number of hydrogen-bond acceptors (Lipinski definition) is 6. The number of nitrogens with two attached hydrogens (primary N) is 1. The van der Waals surface area contributed by atoms with E-state index < -0.39 is 22.9 Å². The van der Waals surface area contributed by atoms with E-state index in [9.17, 15) is 13.7 Å². The first-order chi connectivity index (χ1) is 13.7. The third-order valence-corrected chi connectivity index (χ3v) is 7.31. The predicted molar refractivity (Wildman–Crippen MR) is 109 cm³/mol. The molecule has 1 saturated heterocycles. The molecule has 1 atom stereocenters. The summed E-state index contributed by atoms with van der Waals surface area (Å²) in [6.45, 7) is 3.46. The topological polar surface area (TPSA) is 95.2 Å². The van der Waals surface area contributed by atoms with Gasteiger partial charge < -0.3 is 15.2 Å². The van der Waals surface area contributed by atoms with Crippen molar-refractivity contribution < 1.29 is 18.1 Å². The van der Waals surface area contributed by atoms with E-state index >= 15 is 4.39 Å². The monoisotopic (exact) mass is 436 g/mol. The number of anilines is 1. The quantitative estimate of drug-likeness (QED) is 0.634. The Labute approximate surface area is 172 Å². The van der Waals surface area contributed by atoms with Crippen molar-refractivity contribution in [1.29, 1.82) is 0 Å². The van der Waals surface area contributed by atoms with Gasteiger partial charge in [-0.2, -0.15) is 9.49 Å². The summed E-state index contributed by atoms with van der Waals surface area (Å²) >= 11 is -0.586. The molecule has 1 aliphatic rings. The fraction of sp³-hybridized carbons (Fsp3) is 0.316. The number of rotatable bonds is 4. The van der Waals surface area contributed by atoms with Crippen molar-refractivity contribution in [3.63, 3.8) is 0 Å². The molecule has 4 rings (SSSR count). The number of benzene rings is 1. The number of fused-ring (bicyclic) bond motifs is 1. The largest absolute Gasteiger partial charge is 0.609 e. The summed E-state index contributed by atoms with van der Waals surface area (Å²) in [6.07, 6.45) is 0. The van der Waals surface area contributed by atoms with E-state index in [0.717, 1.165) is 22.6 Å².